The van der Waals surface area contributed by atoms with E-state index in [2.05, 4.69) is 16.0 Å². The number of hydrogen-bond acceptors (Lipinski definition) is 8. The largest absolute Gasteiger partial charge is 0.497 e. The van der Waals surface area contributed by atoms with Crippen LogP contribution in [0.1, 0.15) is 69.3 Å². The summed E-state index contributed by atoms with van der Waals surface area (Å²) in [6.07, 6.45) is 0.354. The van der Waals surface area contributed by atoms with Gasteiger partial charge in [-0.3, -0.25) is 13.9 Å². The van der Waals surface area contributed by atoms with Crippen molar-refractivity contribution in [3.63, 3.8) is 0 Å². The molecule has 4 atom stereocenters. The number of aliphatic hydroxyl groups excluding tert-OH is 1. The van der Waals surface area contributed by atoms with E-state index in [0.717, 1.165) is 27.4 Å². The molecule has 0 spiro atoms. The molecule has 0 aliphatic carbocycles. The Bertz CT molecular complexity index is 1790. The molecule has 0 bridgehead atoms. The number of methoxy groups -OCH3 is 1. The molecule has 0 fully saturated rings. The number of carbonyl (C=O) groups excluding carboxylic acids is 2. The maximum absolute atomic E-state index is 13.8. The number of rotatable bonds is 15. The van der Waals surface area contributed by atoms with Gasteiger partial charge in [0.2, 0.25) is 10.0 Å². The van der Waals surface area contributed by atoms with Crippen LogP contribution in [0, 0.1) is 6.92 Å². The predicted molar refractivity (Wildman–Crippen MR) is 186 cm³/mol. The van der Waals surface area contributed by atoms with Gasteiger partial charge in [-0.25, -0.2) is 8.42 Å². The molecule has 11 nitrogen and oxygen atoms in total. The van der Waals surface area contributed by atoms with E-state index in [1.165, 1.54) is 25.2 Å². The van der Waals surface area contributed by atoms with Crippen LogP contribution in [-0.4, -0.2) is 64.4 Å². The maximum Gasteiger partial charge on any atom is 0.251 e. The van der Waals surface area contributed by atoms with Crippen LogP contribution in [0.2, 0.25) is 0 Å². The van der Waals surface area contributed by atoms with Gasteiger partial charge in [-0.15, -0.1) is 0 Å². The molecule has 4 rings (SSSR count). The van der Waals surface area contributed by atoms with Gasteiger partial charge in [0.15, 0.2) is 0 Å². The number of aliphatic hydroxyl groups is 1. The number of nitrogens with zero attached hydrogens (tertiary/aromatic N) is 1. The molecule has 2 amide bonds. The van der Waals surface area contributed by atoms with Gasteiger partial charge in [0, 0.05) is 30.8 Å². The number of carbonyl (C=O) groups is 2. The molecule has 0 saturated heterocycles. The summed E-state index contributed by atoms with van der Waals surface area (Å²) in [5.74, 6) is 0.888. The van der Waals surface area contributed by atoms with Crippen molar-refractivity contribution in [1.29, 1.82) is 0 Å². The first-order valence-corrected chi connectivity index (χ1v) is 17.5. The number of benzene rings is 3. The van der Waals surface area contributed by atoms with Gasteiger partial charge in [0.1, 0.15) is 17.3 Å². The van der Waals surface area contributed by atoms with Crippen LogP contribution >= 0.6 is 0 Å². The Kier molecular flexibility index (Phi) is 12.0. The topological polar surface area (TPSA) is 150 Å². The van der Waals surface area contributed by atoms with Crippen LogP contribution in [0.4, 0.5) is 5.69 Å². The molecule has 4 aromatic rings. The Morgan fingerprint density at radius 1 is 0.896 bits per heavy atom. The molecule has 1 aromatic heterocycles. The number of sulfonamides is 1. The van der Waals surface area contributed by atoms with Crippen LogP contribution < -0.4 is 25.0 Å². The van der Waals surface area contributed by atoms with Crippen molar-refractivity contribution in [2.45, 2.75) is 51.4 Å². The van der Waals surface area contributed by atoms with Crippen molar-refractivity contribution in [2.75, 3.05) is 31.3 Å². The highest BCUT2D eigenvalue weighted by molar-refractivity contribution is 7.92. The second kappa shape index (κ2) is 16.0. The number of furan rings is 1. The van der Waals surface area contributed by atoms with E-state index in [9.17, 15) is 23.1 Å². The smallest absolute Gasteiger partial charge is 0.251 e. The van der Waals surface area contributed by atoms with Gasteiger partial charge in [-0.05, 0) is 80.8 Å². The van der Waals surface area contributed by atoms with Crippen molar-refractivity contribution in [3.8, 4) is 5.75 Å². The van der Waals surface area contributed by atoms with Crippen LogP contribution in [0.15, 0.2) is 89.3 Å². The molecule has 4 N–H and O–H groups in total. The number of ether oxygens (including phenoxy) is 1. The number of nitrogens with one attached hydrogen (secondary N) is 3. The third kappa shape index (κ3) is 9.69. The highest BCUT2D eigenvalue weighted by Gasteiger charge is 2.26. The number of anilines is 1. The molecular formula is C36H44N4O7S. The first-order chi connectivity index (χ1) is 22.7. The van der Waals surface area contributed by atoms with Gasteiger partial charge in [0.05, 0.1) is 37.2 Å². The average Bonchev–Trinajstić information content (AvgIpc) is 3.52. The van der Waals surface area contributed by atoms with Gasteiger partial charge in [0.25, 0.3) is 11.8 Å². The highest BCUT2D eigenvalue weighted by atomic mass is 32.2. The predicted octanol–water partition coefficient (Wildman–Crippen LogP) is 4.54. The van der Waals surface area contributed by atoms with Crippen molar-refractivity contribution >= 4 is 27.5 Å². The molecule has 1 unspecified atom stereocenters. The third-order valence-corrected chi connectivity index (χ3v) is 9.37. The number of aryl methyl sites for hydroxylation is 1. The minimum Gasteiger partial charge on any atom is -0.497 e. The average molecular weight is 677 g/mol. The van der Waals surface area contributed by atoms with Gasteiger partial charge >= 0.3 is 0 Å². The van der Waals surface area contributed by atoms with Crippen LogP contribution in [0.5, 0.6) is 5.75 Å². The molecule has 256 valence electrons. The Hall–Kier alpha value is -4.65. The second-order valence-corrected chi connectivity index (χ2v) is 13.9. The van der Waals surface area contributed by atoms with E-state index >= 15 is 0 Å². The van der Waals surface area contributed by atoms with E-state index in [1.54, 1.807) is 33.1 Å². The van der Waals surface area contributed by atoms with E-state index < -0.39 is 40.0 Å². The van der Waals surface area contributed by atoms with E-state index in [4.69, 9.17) is 9.15 Å². The third-order valence-electron chi connectivity index (χ3n) is 8.17. The zero-order valence-corrected chi connectivity index (χ0v) is 28.9. The lowest BCUT2D eigenvalue weighted by molar-refractivity contribution is 0.0825. The lowest BCUT2D eigenvalue weighted by Gasteiger charge is -2.27. The molecule has 0 radical (unpaired) electrons. The van der Waals surface area contributed by atoms with Crippen molar-refractivity contribution < 1.29 is 32.3 Å². The number of amides is 2. The Morgan fingerprint density at radius 3 is 2.08 bits per heavy atom. The fourth-order valence-corrected chi connectivity index (χ4v) is 5.63. The van der Waals surface area contributed by atoms with Crippen molar-refractivity contribution in [2.24, 2.45) is 0 Å². The summed E-state index contributed by atoms with van der Waals surface area (Å²) >= 11 is 0. The monoisotopic (exact) mass is 676 g/mol. The van der Waals surface area contributed by atoms with Gasteiger partial charge in [-0.1, -0.05) is 42.5 Å². The summed E-state index contributed by atoms with van der Waals surface area (Å²) in [6, 6.07) is 23.5. The molecule has 1 heterocycles. The zero-order chi connectivity index (χ0) is 35.0. The second-order valence-electron chi connectivity index (χ2n) is 11.9. The molecule has 48 heavy (non-hydrogen) atoms. The van der Waals surface area contributed by atoms with Crippen molar-refractivity contribution in [1.82, 2.24) is 16.0 Å². The SMILES string of the molecule is COc1ccc([C@@H](C)NC[C@@H](O)[C@H](Cc2ccccc2)NC(=O)c2cc(C(=O)NC(C)c3ccc(C)o3)cc(N(C)S(C)(=O)=O)c2)cc1. The first-order valence-electron chi connectivity index (χ1n) is 15.6. The fraction of sp³-hybridized carbons (Fsp3) is 0.333. The molecular weight excluding hydrogens is 632 g/mol. The lowest BCUT2D eigenvalue weighted by Crippen LogP contribution is -2.49. The molecule has 0 aliphatic rings. The molecule has 3 aromatic carbocycles. The van der Waals surface area contributed by atoms with Crippen LogP contribution in [0.25, 0.3) is 0 Å². The Morgan fingerprint density at radius 2 is 1.52 bits per heavy atom. The summed E-state index contributed by atoms with van der Waals surface area (Å²) < 4.78 is 36.8. The Balaban J connectivity index is 1.58. The lowest BCUT2D eigenvalue weighted by atomic mass is 9.99. The first kappa shape index (κ1) is 36.2. The Labute approximate surface area is 282 Å². The van der Waals surface area contributed by atoms with E-state index in [-0.39, 0.29) is 29.4 Å². The summed E-state index contributed by atoms with van der Waals surface area (Å²) in [5.41, 5.74) is 2.17. The molecule has 0 saturated carbocycles. The maximum atomic E-state index is 13.8. The highest BCUT2D eigenvalue weighted by Crippen LogP contribution is 2.23. The number of hydrogen-bond donors (Lipinski definition) is 4. The van der Waals surface area contributed by atoms with Crippen LogP contribution in [0.3, 0.4) is 0 Å². The quantitative estimate of drug-likeness (QED) is 0.143. The zero-order valence-electron chi connectivity index (χ0n) is 28.1. The van der Waals surface area contributed by atoms with E-state index in [1.807, 2.05) is 61.5 Å². The van der Waals surface area contributed by atoms with E-state index in [0.29, 0.717) is 17.9 Å². The minimum atomic E-state index is -3.72. The summed E-state index contributed by atoms with van der Waals surface area (Å²) in [7, 11) is -0.772. The minimum absolute atomic E-state index is 0.0551. The molecule has 12 heteroatoms. The summed E-state index contributed by atoms with van der Waals surface area (Å²) in [4.78, 5) is 27.2. The van der Waals surface area contributed by atoms with Gasteiger partial charge in [-0.2, -0.15) is 0 Å². The summed E-state index contributed by atoms with van der Waals surface area (Å²) in [6.45, 7) is 5.70. The van der Waals surface area contributed by atoms with Crippen LogP contribution in [-0.2, 0) is 16.4 Å². The standard InChI is InChI=1S/C36H44N4O7S/c1-23-12-17-34(47-23)25(3)38-35(42)28-19-29(21-30(20-28)40(4)48(6,44)45)36(43)39-32(18-26-10-8-7-9-11-26)33(41)22-37-24(2)27-13-15-31(46-5)16-14-27/h7-17,19-21,24-25,32-33,37,41H,18,22H2,1-6H3,(H,38,42)(H,39,43)/t24-,25?,32+,33-/m1/s1. The summed E-state index contributed by atoms with van der Waals surface area (Å²) in [5, 5.41) is 20.5. The molecule has 0 aliphatic heterocycles. The van der Waals surface area contributed by atoms with Gasteiger partial charge < -0.3 is 30.2 Å². The normalized spacial score (nSPS) is 14.0. The van der Waals surface area contributed by atoms with Crippen molar-refractivity contribution in [3.05, 3.63) is 119 Å². The fourth-order valence-electron chi connectivity index (χ4n) is 5.14.